The van der Waals surface area contributed by atoms with Crippen molar-refractivity contribution in [3.05, 3.63) is 60.4 Å². The lowest BCUT2D eigenvalue weighted by atomic mass is 9.99. The summed E-state index contributed by atoms with van der Waals surface area (Å²) in [5.41, 5.74) is 2.10. The topological polar surface area (TPSA) is 60.7 Å². The molecule has 1 aliphatic carbocycles. The molecule has 1 saturated carbocycles. The van der Waals surface area contributed by atoms with E-state index in [2.05, 4.69) is 31.9 Å². The molecule has 1 aromatic carbocycles. The normalized spacial score (nSPS) is 17.4. The molecule has 0 radical (unpaired) electrons. The predicted octanol–water partition coefficient (Wildman–Crippen LogP) is 3.99. The summed E-state index contributed by atoms with van der Waals surface area (Å²) in [5.74, 6) is 1.12. The minimum atomic E-state index is -0.00998. The SMILES string of the molecule is O=C1CCCC[C@H]1Sc1nnc(-c2cccnc2)n1Cc1ccccc1. The summed E-state index contributed by atoms with van der Waals surface area (Å²) < 4.78 is 2.10. The van der Waals surface area contributed by atoms with Crippen LogP contribution in [-0.4, -0.2) is 30.8 Å². The van der Waals surface area contributed by atoms with Crippen LogP contribution in [0.2, 0.25) is 0 Å². The van der Waals surface area contributed by atoms with Crippen LogP contribution in [0.15, 0.2) is 60.0 Å². The predicted molar refractivity (Wildman–Crippen MR) is 102 cm³/mol. The summed E-state index contributed by atoms with van der Waals surface area (Å²) in [6, 6.07) is 14.1. The van der Waals surface area contributed by atoms with E-state index in [-0.39, 0.29) is 5.25 Å². The van der Waals surface area contributed by atoms with Gasteiger partial charge in [0, 0.05) is 24.4 Å². The third-order valence-corrected chi connectivity index (χ3v) is 5.86. The minimum Gasteiger partial charge on any atom is -0.298 e. The van der Waals surface area contributed by atoms with E-state index in [0.717, 1.165) is 35.8 Å². The van der Waals surface area contributed by atoms with Gasteiger partial charge in [-0.2, -0.15) is 0 Å². The fourth-order valence-electron chi connectivity index (χ4n) is 3.20. The molecule has 6 heteroatoms. The number of ketones is 1. The van der Waals surface area contributed by atoms with Crippen molar-refractivity contribution in [2.75, 3.05) is 0 Å². The Bertz CT molecular complexity index is 879. The summed E-state index contributed by atoms with van der Waals surface area (Å²) in [6.07, 6.45) is 7.26. The summed E-state index contributed by atoms with van der Waals surface area (Å²) in [7, 11) is 0. The molecule has 2 aromatic heterocycles. The first-order valence-corrected chi connectivity index (χ1v) is 9.76. The van der Waals surface area contributed by atoms with E-state index in [1.54, 1.807) is 24.2 Å². The van der Waals surface area contributed by atoms with E-state index in [0.29, 0.717) is 18.7 Å². The van der Waals surface area contributed by atoms with Gasteiger partial charge >= 0.3 is 0 Å². The Morgan fingerprint density at radius 3 is 2.73 bits per heavy atom. The lowest BCUT2D eigenvalue weighted by molar-refractivity contribution is -0.119. The van der Waals surface area contributed by atoms with Gasteiger partial charge < -0.3 is 0 Å². The molecule has 0 N–H and O–H groups in total. The maximum atomic E-state index is 12.3. The number of hydrogen-bond donors (Lipinski definition) is 0. The first kappa shape index (κ1) is 17.0. The Labute approximate surface area is 156 Å². The third-order valence-electron chi connectivity index (χ3n) is 4.57. The Morgan fingerprint density at radius 1 is 1.08 bits per heavy atom. The molecule has 132 valence electrons. The molecule has 1 aliphatic rings. The monoisotopic (exact) mass is 364 g/mol. The number of carbonyl (C=O) groups is 1. The lowest BCUT2D eigenvalue weighted by Gasteiger charge is -2.20. The summed E-state index contributed by atoms with van der Waals surface area (Å²) in [5, 5.41) is 9.62. The van der Waals surface area contributed by atoms with Gasteiger partial charge in [-0.05, 0) is 30.5 Å². The van der Waals surface area contributed by atoms with Crippen LogP contribution in [0.1, 0.15) is 31.2 Å². The van der Waals surface area contributed by atoms with Crippen LogP contribution in [0.25, 0.3) is 11.4 Å². The van der Waals surface area contributed by atoms with Crippen LogP contribution >= 0.6 is 11.8 Å². The number of pyridine rings is 1. The number of carbonyl (C=O) groups excluding carboxylic acids is 1. The zero-order valence-corrected chi connectivity index (χ0v) is 15.2. The zero-order valence-electron chi connectivity index (χ0n) is 14.4. The second kappa shape index (κ2) is 7.83. The maximum absolute atomic E-state index is 12.3. The van der Waals surface area contributed by atoms with Gasteiger partial charge in [0.15, 0.2) is 11.0 Å². The molecule has 0 amide bonds. The van der Waals surface area contributed by atoms with E-state index in [1.807, 2.05) is 30.3 Å². The number of hydrogen-bond acceptors (Lipinski definition) is 5. The molecule has 1 fully saturated rings. The molecule has 4 rings (SSSR count). The van der Waals surface area contributed by atoms with Crippen molar-refractivity contribution >= 4 is 17.5 Å². The maximum Gasteiger partial charge on any atom is 0.192 e. The molecule has 5 nitrogen and oxygen atoms in total. The highest BCUT2D eigenvalue weighted by atomic mass is 32.2. The number of Topliss-reactive ketones (excluding diaryl/α,β-unsaturated/α-hetero) is 1. The number of nitrogens with zero attached hydrogens (tertiary/aromatic N) is 4. The Balaban J connectivity index is 1.69. The average molecular weight is 364 g/mol. The Morgan fingerprint density at radius 2 is 1.96 bits per heavy atom. The highest BCUT2D eigenvalue weighted by Gasteiger charge is 2.26. The van der Waals surface area contributed by atoms with E-state index < -0.39 is 0 Å². The van der Waals surface area contributed by atoms with E-state index in [4.69, 9.17) is 0 Å². The van der Waals surface area contributed by atoms with Crippen molar-refractivity contribution in [2.24, 2.45) is 0 Å². The summed E-state index contributed by atoms with van der Waals surface area (Å²) in [6.45, 7) is 0.668. The van der Waals surface area contributed by atoms with Gasteiger partial charge in [0.1, 0.15) is 5.78 Å². The second-order valence-electron chi connectivity index (χ2n) is 6.44. The minimum absolute atomic E-state index is 0.00998. The van der Waals surface area contributed by atoms with Crippen molar-refractivity contribution < 1.29 is 4.79 Å². The smallest absolute Gasteiger partial charge is 0.192 e. The fourth-order valence-corrected chi connectivity index (χ4v) is 4.35. The molecule has 26 heavy (non-hydrogen) atoms. The van der Waals surface area contributed by atoms with Gasteiger partial charge in [0.05, 0.1) is 11.8 Å². The molecule has 0 spiro atoms. The van der Waals surface area contributed by atoms with Crippen LogP contribution in [-0.2, 0) is 11.3 Å². The van der Waals surface area contributed by atoms with Gasteiger partial charge in [-0.1, -0.05) is 48.5 Å². The molecular weight excluding hydrogens is 344 g/mol. The highest BCUT2D eigenvalue weighted by molar-refractivity contribution is 8.00. The van der Waals surface area contributed by atoms with E-state index in [1.165, 1.54) is 5.56 Å². The molecule has 3 aromatic rings. The largest absolute Gasteiger partial charge is 0.298 e. The van der Waals surface area contributed by atoms with Crippen LogP contribution < -0.4 is 0 Å². The first-order valence-electron chi connectivity index (χ1n) is 8.88. The molecule has 0 bridgehead atoms. The lowest BCUT2D eigenvalue weighted by Crippen LogP contribution is -2.22. The second-order valence-corrected chi connectivity index (χ2v) is 7.61. The number of benzene rings is 1. The molecular formula is C20H20N4OS. The van der Waals surface area contributed by atoms with Crippen LogP contribution in [0.4, 0.5) is 0 Å². The van der Waals surface area contributed by atoms with Crippen LogP contribution in [0.5, 0.6) is 0 Å². The van der Waals surface area contributed by atoms with Gasteiger partial charge in [0.25, 0.3) is 0 Å². The number of aromatic nitrogens is 4. The first-order chi connectivity index (χ1) is 12.8. The van der Waals surface area contributed by atoms with Crippen molar-refractivity contribution in [3.63, 3.8) is 0 Å². The number of thioether (sulfide) groups is 1. The zero-order chi connectivity index (χ0) is 17.8. The van der Waals surface area contributed by atoms with Gasteiger partial charge in [-0.15, -0.1) is 10.2 Å². The van der Waals surface area contributed by atoms with Crippen LogP contribution in [0.3, 0.4) is 0 Å². The standard InChI is InChI=1S/C20H20N4OS/c25-17-10-4-5-11-18(17)26-20-23-22-19(16-9-6-12-21-13-16)24(20)14-15-7-2-1-3-8-15/h1-3,6-9,12-13,18H,4-5,10-11,14H2/t18-/m1/s1. The van der Waals surface area contributed by atoms with Crippen molar-refractivity contribution in [1.29, 1.82) is 0 Å². The van der Waals surface area contributed by atoms with Crippen molar-refractivity contribution in [3.8, 4) is 11.4 Å². The Hall–Kier alpha value is -2.47. The quantitative estimate of drug-likeness (QED) is 0.685. The number of rotatable bonds is 5. The summed E-state index contributed by atoms with van der Waals surface area (Å²) >= 11 is 1.55. The molecule has 0 aliphatic heterocycles. The fraction of sp³-hybridized carbons (Fsp3) is 0.300. The van der Waals surface area contributed by atoms with Gasteiger partial charge in [-0.3, -0.25) is 14.3 Å². The summed E-state index contributed by atoms with van der Waals surface area (Å²) in [4.78, 5) is 16.5. The van der Waals surface area contributed by atoms with E-state index in [9.17, 15) is 4.79 Å². The third kappa shape index (κ3) is 3.70. The Kier molecular flexibility index (Phi) is 5.11. The van der Waals surface area contributed by atoms with Crippen molar-refractivity contribution in [2.45, 2.75) is 42.6 Å². The van der Waals surface area contributed by atoms with Crippen LogP contribution in [0, 0.1) is 0 Å². The highest BCUT2D eigenvalue weighted by Crippen LogP contribution is 2.33. The molecule has 0 saturated heterocycles. The average Bonchev–Trinajstić information content (AvgIpc) is 3.07. The molecule has 0 unspecified atom stereocenters. The molecule has 2 heterocycles. The van der Waals surface area contributed by atoms with Gasteiger partial charge in [0.2, 0.25) is 0 Å². The van der Waals surface area contributed by atoms with E-state index >= 15 is 0 Å². The van der Waals surface area contributed by atoms with Crippen molar-refractivity contribution in [1.82, 2.24) is 19.7 Å². The molecule has 1 atom stereocenters. The van der Waals surface area contributed by atoms with Gasteiger partial charge in [-0.25, -0.2) is 0 Å².